The number of carbonyl (C=O) groups is 1. The van der Waals surface area contributed by atoms with Gasteiger partial charge in [0, 0.05) is 18.9 Å². The molecule has 0 radical (unpaired) electrons. The molecule has 2 heterocycles. The van der Waals surface area contributed by atoms with Crippen molar-refractivity contribution in [3.8, 4) is 0 Å². The summed E-state index contributed by atoms with van der Waals surface area (Å²) in [6.45, 7) is 3.98. The zero-order valence-corrected chi connectivity index (χ0v) is 16.5. The smallest absolute Gasteiger partial charge is 0.303 e. The predicted octanol–water partition coefficient (Wildman–Crippen LogP) is 5.36. The number of aliphatic carboxylic acids is 1. The van der Waals surface area contributed by atoms with Crippen molar-refractivity contribution >= 4 is 5.97 Å². The summed E-state index contributed by atoms with van der Waals surface area (Å²) < 4.78 is 12.1. The van der Waals surface area contributed by atoms with Crippen molar-refractivity contribution in [2.24, 2.45) is 11.8 Å². The second-order valence-corrected chi connectivity index (χ2v) is 7.95. The van der Waals surface area contributed by atoms with E-state index in [2.05, 4.69) is 19.1 Å². The molecule has 0 aromatic heterocycles. The van der Waals surface area contributed by atoms with Crippen LogP contribution in [-0.2, 0) is 14.3 Å². The number of carboxylic acid groups (broad SMARTS) is 1. The van der Waals surface area contributed by atoms with Crippen molar-refractivity contribution in [3.63, 3.8) is 0 Å². The molecule has 26 heavy (non-hydrogen) atoms. The van der Waals surface area contributed by atoms with Crippen LogP contribution in [0.1, 0.15) is 84.0 Å². The van der Waals surface area contributed by atoms with E-state index < -0.39 is 5.97 Å². The lowest BCUT2D eigenvalue weighted by Gasteiger charge is -2.27. The molecule has 4 atom stereocenters. The fourth-order valence-electron chi connectivity index (χ4n) is 4.37. The molecule has 1 N–H and O–H groups in total. The monoisotopic (exact) mass is 366 g/mol. The van der Waals surface area contributed by atoms with Crippen LogP contribution in [0, 0.1) is 11.8 Å². The number of ether oxygens (including phenoxy) is 2. The summed E-state index contributed by atoms with van der Waals surface area (Å²) >= 11 is 0. The van der Waals surface area contributed by atoms with Crippen LogP contribution in [0.5, 0.6) is 0 Å². The van der Waals surface area contributed by atoms with Gasteiger partial charge in [-0.25, -0.2) is 0 Å². The molecule has 0 aromatic rings. The van der Waals surface area contributed by atoms with E-state index in [1.807, 2.05) is 0 Å². The van der Waals surface area contributed by atoms with E-state index in [1.54, 1.807) is 0 Å². The van der Waals surface area contributed by atoms with E-state index in [0.29, 0.717) is 24.0 Å². The molecule has 2 bridgehead atoms. The average molecular weight is 367 g/mol. The molecule has 0 amide bonds. The van der Waals surface area contributed by atoms with E-state index in [9.17, 15) is 4.79 Å². The van der Waals surface area contributed by atoms with Crippen molar-refractivity contribution in [2.75, 3.05) is 13.2 Å². The number of hydrogen-bond acceptors (Lipinski definition) is 3. The van der Waals surface area contributed by atoms with Crippen LogP contribution in [0.2, 0.25) is 0 Å². The van der Waals surface area contributed by atoms with Crippen LogP contribution in [0.15, 0.2) is 12.2 Å². The summed E-state index contributed by atoms with van der Waals surface area (Å²) in [6.07, 6.45) is 18.3. The minimum atomic E-state index is -0.706. The summed E-state index contributed by atoms with van der Waals surface area (Å²) in [5, 5.41) is 8.67. The van der Waals surface area contributed by atoms with E-state index >= 15 is 0 Å². The highest BCUT2D eigenvalue weighted by molar-refractivity contribution is 5.66. The molecular weight excluding hydrogens is 328 g/mol. The van der Waals surface area contributed by atoms with Gasteiger partial charge in [-0.2, -0.15) is 0 Å². The second-order valence-electron chi connectivity index (χ2n) is 7.95. The van der Waals surface area contributed by atoms with Crippen molar-refractivity contribution in [3.05, 3.63) is 12.2 Å². The molecule has 150 valence electrons. The number of hydrogen-bond donors (Lipinski definition) is 1. The number of rotatable bonds is 15. The highest BCUT2D eigenvalue weighted by atomic mass is 16.5. The third-order valence-corrected chi connectivity index (χ3v) is 5.88. The van der Waals surface area contributed by atoms with E-state index in [0.717, 1.165) is 32.5 Å². The molecule has 0 saturated carbocycles. The fraction of sp³-hybridized carbons (Fsp3) is 0.864. The first-order chi connectivity index (χ1) is 12.7. The Morgan fingerprint density at radius 3 is 2.54 bits per heavy atom. The Kier molecular flexibility index (Phi) is 10.3. The maximum atomic E-state index is 10.5. The lowest BCUT2D eigenvalue weighted by molar-refractivity contribution is -0.137. The summed E-state index contributed by atoms with van der Waals surface area (Å²) in [4.78, 5) is 10.5. The molecule has 2 fully saturated rings. The summed E-state index contributed by atoms with van der Waals surface area (Å²) in [5.74, 6) is 0.411. The first kappa shape index (κ1) is 21.4. The van der Waals surface area contributed by atoms with Crippen LogP contribution < -0.4 is 0 Å². The molecule has 2 aliphatic heterocycles. The van der Waals surface area contributed by atoms with Crippen molar-refractivity contribution < 1.29 is 19.4 Å². The molecule has 0 aromatic carbocycles. The number of allylic oxidation sites excluding steroid dienone is 2. The zero-order valence-electron chi connectivity index (χ0n) is 16.5. The third kappa shape index (κ3) is 7.40. The van der Waals surface area contributed by atoms with Crippen LogP contribution in [0.25, 0.3) is 0 Å². The predicted molar refractivity (Wildman–Crippen MR) is 104 cm³/mol. The molecule has 2 aliphatic rings. The Labute approximate surface area is 159 Å². The first-order valence-electron chi connectivity index (χ1n) is 10.8. The standard InChI is InChI=1S/C22H38O4/c1-2-3-4-5-8-11-16-25-17-19-18(20-14-15-21(19)26-20)12-9-6-7-10-13-22(23)24/h6,9,18-21H,2-5,7-8,10-17H2,1H3,(H,23,24)/t18-,19+,20-,21+/m1/s1. The minimum absolute atomic E-state index is 0.260. The third-order valence-electron chi connectivity index (χ3n) is 5.88. The van der Waals surface area contributed by atoms with Crippen LogP contribution in [-0.4, -0.2) is 36.5 Å². The molecule has 0 unspecified atom stereocenters. The van der Waals surface area contributed by atoms with Gasteiger partial charge >= 0.3 is 5.97 Å². The summed E-state index contributed by atoms with van der Waals surface area (Å²) in [5.41, 5.74) is 0. The molecule has 0 spiro atoms. The van der Waals surface area contributed by atoms with Crippen LogP contribution in [0.4, 0.5) is 0 Å². The van der Waals surface area contributed by atoms with E-state index in [4.69, 9.17) is 14.6 Å². The van der Waals surface area contributed by atoms with Gasteiger partial charge in [-0.05, 0) is 44.4 Å². The number of carboxylic acids is 1. The maximum Gasteiger partial charge on any atom is 0.303 e. The molecule has 4 nitrogen and oxygen atoms in total. The molecule has 0 aliphatic carbocycles. The van der Waals surface area contributed by atoms with Gasteiger partial charge in [-0.15, -0.1) is 0 Å². The van der Waals surface area contributed by atoms with E-state index in [-0.39, 0.29) is 6.42 Å². The normalized spacial score (nSPS) is 27.6. The average Bonchev–Trinajstić information content (AvgIpc) is 3.22. The molecular formula is C22H38O4. The Morgan fingerprint density at radius 2 is 1.77 bits per heavy atom. The maximum absolute atomic E-state index is 10.5. The van der Waals surface area contributed by atoms with Gasteiger partial charge in [0.2, 0.25) is 0 Å². The Bertz CT molecular complexity index is 420. The largest absolute Gasteiger partial charge is 0.481 e. The number of unbranched alkanes of at least 4 members (excludes halogenated alkanes) is 6. The Morgan fingerprint density at radius 1 is 1.04 bits per heavy atom. The van der Waals surface area contributed by atoms with Gasteiger partial charge in [-0.3, -0.25) is 4.79 Å². The summed E-state index contributed by atoms with van der Waals surface area (Å²) in [7, 11) is 0. The number of fused-ring (bicyclic) bond motifs is 2. The highest BCUT2D eigenvalue weighted by Crippen LogP contribution is 2.45. The zero-order chi connectivity index (χ0) is 18.6. The van der Waals surface area contributed by atoms with Gasteiger partial charge in [0.1, 0.15) is 0 Å². The van der Waals surface area contributed by atoms with Crippen LogP contribution >= 0.6 is 0 Å². The highest BCUT2D eigenvalue weighted by Gasteiger charge is 2.48. The summed E-state index contributed by atoms with van der Waals surface area (Å²) in [6, 6.07) is 0. The van der Waals surface area contributed by atoms with E-state index in [1.165, 1.54) is 51.4 Å². The first-order valence-corrected chi connectivity index (χ1v) is 10.8. The van der Waals surface area contributed by atoms with Crippen molar-refractivity contribution in [2.45, 2.75) is 96.2 Å². The van der Waals surface area contributed by atoms with Gasteiger partial charge in [0.05, 0.1) is 18.8 Å². The molecule has 4 heteroatoms. The quantitative estimate of drug-likeness (QED) is 0.313. The van der Waals surface area contributed by atoms with Crippen molar-refractivity contribution in [1.82, 2.24) is 0 Å². The Hall–Kier alpha value is -0.870. The SMILES string of the molecule is CCCCCCCCOC[C@H]1[C@@H](CC=CCCCC(=O)O)[C@H]2CC[C@@H]1O2. The second kappa shape index (κ2) is 12.5. The Balaban J connectivity index is 1.60. The molecule has 2 rings (SSSR count). The lowest BCUT2D eigenvalue weighted by Crippen LogP contribution is -2.30. The van der Waals surface area contributed by atoms with Gasteiger partial charge < -0.3 is 14.6 Å². The molecule has 2 saturated heterocycles. The van der Waals surface area contributed by atoms with Crippen molar-refractivity contribution in [1.29, 1.82) is 0 Å². The van der Waals surface area contributed by atoms with Gasteiger partial charge in [0.25, 0.3) is 0 Å². The van der Waals surface area contributed by atoms with Crippen LogP contribution in [0.3, 0.4) is 0 Å². The van der Waals surface area contributed by atoms with Gasteiger partial charge in [-0.1, -0.05) is 51.2 Å². The topological polar surface area (TPSA) is 55.8 Å². The van der Waals surface area contributed by atoms with Gasteiger partial charge in [0.15, 0.2) is 0 Å². The minimum Gasteiger partial charge on any atom is -0.481 e. The fourth-order valence-corrected chi connectivity index (χ4v) is 4.37. The lowest BCUT2D eigenvalue weighted by atomic mass is 9.78.